The van der Waals surface area contributed by atoms with Crippen LogP contribution >= 0.6 is 0 Å². The molecule has 0 amide bonds. The van der Waals surface area contributed by atoms with Crippen LogP contribution in [0.4, 0.5) is 10.2 Å². The Morgan fingerprint density at radius 3 is 2.44 bits per heavy atom. The van der Waals surface area contributed by atoms with Gasteiger partial charge in [-0.2, -0.15) is 0 Å². The van der Waals surface area contributed by atoms with Crippen LogP contribution in [0.1, 0.15) is 0 Å². The van der Waals surface area contributed by atoms with Gasteiger partial charge in [0, 0.05) is 10.9 Å². The number of nitrogens with zero attached hydrogens (tertiary/aromatic N) is 2. The standard InChI is InChI=1S/C14H10FN3/c15-11-8-4-7-10-12(11)17-14(18-13(10)16)9-5-2-1-3-6-9/h1-8H,(H2,16,17,18). The van der Waals surface area contributed by atoms with Crippen molar-refractivity contribution < 1.29 is 4.39 Å². The summed E-state index contributed by atoms with van der Waals surface area (Å²) >= 11 is 0. The molecule has 0 aliphatic rings. The molecule has 0 saturated heterocycles. The predicted octanol–water partition coefficient (Wildman–Crippen LogP) is 3.02. The predicted molar refractivity (Wildman–Crippen MR) is 69.3 cm³/mol. The molecule has 1 heterocycles. The first kappa shape index (κ1) is 10.7. The minimum absolute atomic E-state index is 0.254. The second-order valence-electron chi connectivity index (χ2n) is 3.93. The Morgan fingerprint density at radius 2 is 1.67 bits per heavy atom. The lowest BCUT2D eigenvalue weighted by atomic mass is 10.2. The van der Waals surface area contributed by atoms with E-state index < -0.39 is 5.82 Å². The van der Waals surface area contributed by atoms with E-state index in [0.717, 1.165) is 5.56 Å². The SMILES string of the molecule is Nc1nc(-c2ccccc2)nc2c(F)cccc12. The van der Waals surface area contributed by atoms with Crippen LogP contribution in [0.2, 0.25) is 0 Å². The van der Waals surface area contributed by atoms with Gasteiger partial charge in [-0.15, -0.1) is 0 Å². The summed E-state index contributed by atoms with van der Waals surface area (Å²) in [7, 11) is 0. The summed E-state index contributed by atoms with van der Waals surface area (Å²) in [6.45, 7) is 0. The lowest BCUT2D eigenvalue weighted by molar-refractivity contribution is 0.636. The molecule has 0 unspecified atom stereocenters. The van der Waals surface area contributed by atoms with Gasteiger partial charge >= 0.3 is 0 Å². The molecule has 4 heteroatoms. The highest BCUT2D eigenvalue weighted by Crippen LogP contribution is 2.24. The lowest BCUT2D eigenvalue weighted by Crippen LogP contribution is -1.99. The van der Waals surface area contributed by atoms with Crippen LogP contribution in [0.5, 0.6) is 0 Å². The second-order valence-corrected chi connectivity index (χ2v) is 3.93. The van der Waals surface area contributed by atoms with Gasteiger partial charge in [-0.3, -0.25) is 0 Å². The Labute approximate surface area is 103 Å². The van der Waals surface area contributed by atoms with E-state index >= 15 is 0 Å². The molecule has 2 N–H and O–H groups in total. The molecule has 0 bridgehead atoms. The van der Waals surface area contributed by atoms with Crippen molar-refractivity contribution in [3.05, 3.63) is 54.3 Å². The number of nitrogen functional groups attached to an aromatic ring is 1. The van der Waals surface area contributed by atoms with Gasteiger partial charge in [0.05, 0.1) is 0 Å². The average molecular weight is 239 g/mol. The van der Waals surface area contributed by atoms with Crippen molar-refractivity contribution in [3.8, 4) is 11.4 Å². The quantitative estimate of drug-likeness (QED) is 0.710. The Bertz CT molecular complexity index is 711. The molecule has 3 aromatic rings. The zero-order valence-electron chi connectivity index (χ0n) is 9.47. The van der Waals surface area contributed by atoms with Gasteiger partial charge in [0.2, 0.25) is 0 Å². The van der Waals surface area contributed by atoms with Gasteiger partial charge in [0.1, 0.15) is 17.2 Å². The van der Waals surface area contributed by atoms with Gasteiger partial charge in [-0.25, -0.2) is 14.4 Å². The van der Waals surface area contributed by atoms with E-state index in [1.54, 1.807) is 12.1 Å². The highest BCUT2D eigenvalue weighted by atomic mass is 19.1. The van der Waals surface area contributed by atoms with E-state index in [0.29, 0.717) is 17.0 Å². The molecule has 0 fully saturated rings. The van der Waals surface area contributed by atoms with Gasteiger partial charge < -0.3 is 5.73 Å². The summed E-state index contributed by atoms with van der Waals surface area (Å²) < 4.78 is 13.7. The van der Waals surface area contributed by atoms with Gasteiger partial charge in [0.25, 0.3) is 0 Å². The molecule has 2 aromatic carbocycles. The fourth-order valence-electron chi connectivity index (χ4n) is 1.86. The zero-order valence-corrected chi connectivity index (χ0v) is 9.47. The molecule has 0 radical (unpaired) electrons. The first-order valence-electron chi connectivity index (χ1n) is 5.53. The number of para-hydroxylation sites is 1. The molecular weight excluding hydrogens is 229 g/mol. The number of halogens is 1. The van der Waals surface area contributed by atoms with Crippen molar-refractivity contribution >= 4 is 16.7 Å². The topological polar surface area (TPSA) is 51.8 Å². The van der Waals surface area contributed by atoms with E-state index in [1.807, 2.05) is 30.3 Å². The summed E-state index contributed by atoms with van der Waals surface area (Å²) in [5.41, 5.74) is 6.91. The fraction of sp³-hybridized carbons (Fsp3) is 0. The smallest absolute Gasteiger partial charge is 0.162 e. The van der Waals surface area contributed by atoms with Crippen LogP contribution in [-0.4, -0.2) is 9.97 Å². The molecule has 88 valence electrons. The molecule has 3 rings (SSSR count). The van der Waals surface area contributed by atoms with E-state index in [2.05, 4.69) is 9.97 Å². The van der Waals surface area contributed by atoms with Crippen molar-refractivity contribution in [1.29, 1.82) is 0 Å². The normalized spacial score (nSPS) is 10.7. The van der Waals surface area contributed by atoms with Crippen molar-refractivity contribution in [2.24, 2.45) is 0 Å². The Balaban J connectivity index is 2.31. The Morgan fingerprint density at radius 1 is 0.889 bits per heavy atom. The summed E-state index contributed by atoms with van der Waals surface area (Å²) in [6, 6.07) is 14.0. The van der Waals surface area contributed by atoms with Gasteiger partial charge in [-0.05, 0) is 12.1 Å². The fourth-order valence-corrected chi connectivity index (χ4v) is 1.86. The minimum Gasteiger partial charge on any atom is -0.383 e. The Hall–Kier alpha value is -2.49. The third-order valence-corrected chi connectivity index (χ3v) is 2.74. The van der Waals surface area contributed by atoms with Crippen LogP contribution in [0.3, 0.4) is 0 Å². The maximum atomic E-state index is 13.7. The Kier molecular flexibility index (Phi) is 2.41. The maximum absolute atomic E-state index is 13.7. The molecule has 1 aromatic heterocycles. The molecule has 0 aliphatic carbocycles. The molecule has 18 heavy (non-hydrogen) atoms. The van der Waals surface area contributed by atoms with Gasteiger partial charge in [0.15, 0.2) is 5.82 Å². The maximum Gasteiger partial charge on any atom is 0.162 e. The number of anilines is 1. The number of hydrogen-bond acceptors (Lipinski definition) is 3. The largest absolute Gasteiger partial charge is 0.383 e. The number of nitrogens with two attached hydrogens (primary N) is 1. The van der Waals surface area contributed by atoms with Crippen LogP contribution in [0.15, 0.2) is 48.5 Å². The monoisotopic (exact) mass is 239 g/mol. The molecule has 0 spiro atoms. The lowest BCUT2D eigenvalue weighted by Gasteiger charge is -2.05. The first-order chi connectivity index (χ1) is 8.75. The highest BCUT2D eigenvalue weighted by molar-refractivity contribution is 5.89. The van der Waals surface area contributed by atoms with E-state index in [-0.39, 0.29) is 5.52 Å². The minimum atomic E-state index is -0.390. The third-order valence-electron chi connectivity index (χ3n) is 2.74. The first-order valence-corrected chi connectivity index (χ1v) is 5.53. The number of fused-ring (bicyclic) bond motifs is 1. The number of rotatable bonds is 1. The number of aromatic nitrogens is 2. The molecule has 3 nitrogen and oxygen atoms in total. The third kappa shape index (κ3) is 1.68. The molecular formula is C14H10FN3. The van der Waals surface area contributed by atoms with E-state index in [1.165, 1.54) is 6.07 Å². The zero-order chi connectivity index (χ0) is 12.5. The van der Waals surface area contributed by atoms with Crippen molar-refractivity contribution in [2.75, 3.05) is 5.73 Å². The second kappa shape index (κ2) is 4.07. The summed E-state index contributed by atoms with van der Waals surface area (Å²) in [4.78, 5) is 8.45. The van der Waals surface area contributed by atoms with E-state index in [9.17, 15) is 4.39 Å². The van der Waals surface area contributed by atoms with Crippen molar-refractivity contribution in [1.82, 2.24) is 9.97 Å². The molecule has 0 aliphatic heterocycles. The summed E-state index contributed by atoms with van der Waals surface area (Å²) in [5.74, 6) is 0.336. The number of hydrogen-bond donors (Lipinski definition) is 1. The highest BCUT2D eigenvalue weighted by Gasteiger charge is 2.09. The summed E-state index contributed by atoms with van der Waals surface area (Å²) in [6.07, 6.45) is 0. The van der Waals surface area contributed by atoms with Crippen LogP contribution < -0.4 is 5.73 Å². The summed E-state index contributed by atoms with van der Waals surface area (Å²) in [5, 5.41) is 0.537. The van der Waals surface area contributed by atoms with Crippen LogP contribution in [0.25, 0.3) is 22.3 Å². The van der Waals surface area contributed by atoms with Crippen molar-refractivity contribution in [2.45, 2.75) is 0 Å². The van der Waals surface area contributed by atoms with Crippen LogP contribution in [-0.2, 0) is 0 Å². The van der Waals surface area contributed by atoms with Gasteiger partial charge in [-0.1, -0.05) is 36.4 Å². The number of benzene rings is 2. The van der Waals surface area contributed by atoms with Crippen LogP contribution in [0, 0.1) is 5.82 Å². The molecule has 0 saturated carbocycles. The van der Waals surface area contributed by atoms with Crippen molar-refractivity contribution in [3.63, 3.8) is 0 Å². The molecule has 0 atom stereocenters. The van der Waals surface area contributed by atoms with E-state index in [4.69, 9.17) is 5.73 Å². The average Bonchev–Trinajstić information content (AvgIpc) is 2.41.